The largest absolute Gasteiger partial charge is 0.465 e. The van der Waals surface area contributed by atoms with Crippen molar-refractivity contribution in [3.63, 3.8) is 0 Å². The molecule has 2 saturated heterocycles. The van der Waals surface area contributed by atoms with E-state index in [1.54, 1.807) is 36.4 Å². The van der Waals surface area contributed by atoms with Crippen molar-refractivity contribution in [3.05, 3.63) is 130 Å². The van der Waals surface area contributed by atoms with Gasteiger partial charge in [0.25, 0.3) is 0 Å². The third kappa shape index (κ3) is 16.6. The average molecular weight is 1240 g/mol. The summed E-state index contributed by atoms with van der Waals surface area (Å²) in [6.45, 7) is 5.64. The molecule has 0 bridgehead atoms. The second-order valence-corrected chi connectivity index (χ2v) is 24.6. The van der Waals surface area contributed by atoms with Gasteiger partial charge in [0, 0.05) is 34.4 Å². The van der Waals surface area contributed by atoms with Crippen molar-refractivity contribution in [1.29, 1.82) is 10.5 Å². The molecule has 2 aliphatic rings. The van der Waals surface area contributed by atoms with Crippen LogP contribution in [0, 0.1) is 33.5 Å². The molecule has 2 fully saturated rings. The highest BCUT2D eigenvalue weighted by atomic mass is 35.7. The number of nitrogens with one attached hydrogen (secondary N) is 2. The highest BCUT2D eigenvalue weighted by Gasteiger charge is 2.56. The van der Waals surface area contributed by atoms with Gasteiger partial charge in [-0.15, -0.1) is 0 Å². The maximum atomic E-state index is 14.2. The van der Waals surface area contributed by atoms with Gasteiger partial charge >= 0.3 is 37.9 Å². The molecule has 26 nitrogen and oxygen atoms in total. The van der Waals surface area contributed by atoms with Crippen LogP contribution in [-0.2, 0) is 42.2 Å². The second kappa shape index (κ2) is 29.7. The molecule has 29 heteroatoms. The van der Waals surface area contributed by atoms with Crippen LogP contribution in [0.15, 0.2) is 119 Å². The summed E-state index contributed by atoms with van der Waals surface area (Å²) >= 11 is 5.99. The third-order valence-corrected chi connectivity index (χ3v) is 16.9. The van der Waals surface area contributed by atoms with Crippen LogP contribution < -0.4 is 42.1 Å². The van der Waals surface area contributed by atoms with Crippen molar-refractivity contribution >= 4 is 71.0 Å². The van der Waals surface area contributed by atoms with Crippen molar-refractivity contribution in [2.75, 3.05) is 37.9 Å². The summed E-state index contributed by atoms with van der Waals surface area (Å²) in [5, 5.41) is 57.8. The number of aliphatic hydroxyl groups excluding tert-OH is 3. The highest BCUT2D eigenvalue weighted by molar-refractivity contribution is 7.84. The minimum absolute atomic E-state index is 0.0201. The molecule has 4 heterocycles. The number of halogens is 1. The molecular weight excluding hydrogens is 1170 g/mol. The zero-order chi connectivity index (χ0) is 62.3. The van der Waals surface area contributed by atoms with Gasteiger partial charge in [-0.1, -0.05) is 99.5 Å². The van der Waals surface area contributed by atoms with E-state index in [0.29, 0.717) is 24.2 Å². The van der Waals surface area contributed by atoms with Gasteiger partial charge in [0.2, 0.25) is 0 Å². The quantitative estimate of drug-likeness (QED) is 0.0209. The summed E-state index contributed by atoms with van der Waals surface area (Å²) in [5.41, 5.74) is 6.53. The first-order valence-corrected chi connectivity index (χ1v) is 31.0. The molecule has 456 valence electrons. The molecule has 12 atom stereocenters. The number of nitrogen functional groups attached to an aromatic ring is 2. The lowest BCUT2D eigenvalue weighted by Crippen LogP contribution is -2.40. The Morgan fingerprint density at radius 1 is 0.706 bits per heavy atom. The SMILES string of the molecule is CCCCOC(=O)[C@H](C)NP(=O)(Cl)Oc1cccc2ccccc12.CCCCOC(=O)[C@H](C)NP(=O)(OC[C@H]1O[C@@H](n2ccc(N)nc2=O)[C@](C)(C#N)[C@@H]1O)Oc1cccc2ccccc12.C[C@@]1(C#N)[C@H](O)[C@@H](CO)O[C@H]1n1ccc(N)nc1=O. The topological polar surface area (TPSA) is 387 Å². The summed E-state index contributed by atoms with van der Waals surface area (Å²) < 4.78 is 67.5. The number of carbonyl (C=O) groups is 2. The van der Waals surface area contributed by atoms with Crippen molar-refractivity contribution in [2.24, 2.45) is 10.8 Å². The Morgan fingerprint density at radius 2 is 1.13 bits per heavy atom. The predicted octanol–water partition coefficient (Wildman–Crippen LogP) is 6.78. The van der Waals surface area contributed by atoms with Gasteiger partial charge in [0.15, 0.2) is 12.5 Å². The lowest BCUT2D eigenvalue weighted by molar-refractivity contribution is -0.146. The summed E-state index contributed by atoms with van der Waals surface area (Å²) in [7, 11) is -4.35. The molecule has 0 aliphatic carbocycles. The number of nitrogens with two attached hydrogens (primary N) is 2. The van der Waals surface area contributed by atoms with Crippen molar-refractivity contribution in [2.45, 2.75) is 116 Å². The number of anilines is 2. The van der Waals surface area contributed by atoms with E-state index >= 15 is 0 Å². The molecule has 6 aromatic rings. The Balaban J connectivity index is 0.000000226. The van der Waals surface area contributed by atoms with E-state index in [2.05, 4.69) is 20.1 Å². The van der Waals surface area contributed by atoms with Crippen LogP contribution in [-0.4, -0.2) is 109 Å². The Morgan fingerprint density at radius 3 is 1.58 bits per heavy atom. The first kappa shape index (κ1) is 66.8. The van der Waals surface area contributed by atoms with Crippen molar-refractivity contribution in [1.82, 2.24) is 29.3 Å². The maximum absolute atomic E-state index is 14.2. The Kier molecular flexibility index (Phi) is 23.3. The van der Waals surface area contributed by atoms with E-state index in [1.807, 2.05) is 74.5 Å². The first-order valence-electron chi connectivity index (χ1n) is 27.0. The van der Waals surface area contributed by atoms with Gasteiger partial charge in [-0.2, -0.15) is 25.6 Å². The maximum Gasteiger partial charge on any atom is 0.459 e. The number of unbranched alkanes of at least 4 members (excludes halogenated alkanes) is 2. The van der Waals surface area contributed by atoms with Crippen LogP contribution in [0.1, 0.15) is 79.7 Å². The number of rotatable bonds is 22. The van der Waals surface area contributed by atoms with Gasteiger partial charge in [-0.25, -0.2) is 23.8 Å². The molecule has 4 aromatic carbocycles. The number of aromatic nitrogens is 4. The zero-order valence-electron chi connectivity index (χ0n) is 47.4. The molecule has 2 unspecified atom stereocenters. The average Bonchev–Trinajstić information content (AvgIpc) is 1.93. The van der Waals surface area contributed by atoms with Gasteiger partial charge in [-0.3, -0.25) is 23.2 Å². The molecule has 9 N–H and O–H groups in total. The van der Waals surface area contributed by atoms with Gasteiger partial charge in [0.1, 0.15) is 70.5 Å². The van der Waals surface area contributed by atoms with Crippen molar-refractivity contribution in [3.8, 4) is 23.6 Å². The normalized spacial score (nSPS) is 23.7. The number of fused-ring (bicyclic) bond motifs is 2. The van der Waals surface area contributed by atoms with E-state index in [9.17, 15) is 49.0 Å². The Bertz CT molecular complexity index is 3600. The number of aliphatic hydroxyl groups is 3. The summed E-state index contributed by atoms with van der Waals surface area (Å²) in [6.07, 6.45) is -1.28. The van der Waals surface area contributed by atoms with Crippen LogP contribution >= 0.6 is 25.9 Å². The standard InChI is InChI=1S/C28H34N5O8P.C17H21ClNO4P.C11H14N4O4/c1-4-5-15-38-25(35)18(2)32-42(37,41-21-12-8-10-19-9-6-7-11-20(19)21)39-16-22-24(34)28(3,17-29)26(40-22)33-14-13-23(30)31-27(33)36;1-3-4-12-22-17(20)13(2)19-24(18,21)23-16-11-7-9-14-8-5-6-10-15(14)16;1-11(5-12)8(17)6(4-16)19-9(11)15-3-2-7(13)14-10(15)18/h6-14,18,22,24,26,34H,4-5,15-16H2,1-3H3,(H,32,37)(H2,30,31,36);5-11,13H,3-4,12H2,1-2H3,(H,19,21);2-3,6,8-9,16-17H,4H2,1H3,(H2,13,14,18)/t18-,22+,24+,26+,28+,42?;13-,24?;6-,8-,9-,11-/m001/s1. The smallest absolute Gasteiger partial charge is 0.459 e. The molecule has 0 radical (unpaired) electrons. The first-order chi connectivity index (χ1) is 40.4. The van der Waals surface area contributed by atoms with Crippen LogP contribution in [0.4, 0.5) is 11.6 Å². The fourth-order valence-corrected chi connectivity index (χ4v) is 12.0. The number of ether oxygens (including phenoxy) is 4. The summed E-state index contributed by atoms with van der Waals surface area (Å²) in [5.74, 6) is -0.511. The van der Waals surface area contributed by atoms with Gasteiger partial charge in [-0.05, 0) is 75.6 Å². The van der Waals surface area contributed by atoms with E-state index in [1.165, 1.54) is 52.2 Å². The van der Waals surface area contributed by atoms with Crippen LogP contribution in [0.25, 0.3) is 21.5 Å². The minimum atomic E-state index is -4.35. The lowest BCUT2D eigenvalue weighted by atomic mass is 9.84. The van der Waals surface area contributed by atoms with Gasteiger partial charge < -0.3 is 54.8 Å². The minimum Gasteiger partial charge on any atom is -0.465 e. The van der Waals surface area contributed by atoms with E-state index in [-0.39, 0.29) is 24.0 Å². The number of nitrogens with zero attached hydrogens (tertiary/aromatic N) is 6. The molecule has 0 amide bonds. The Labute approximate surface area is 494 Å². The molecule has 85 heavy (non-hydrogen) atoms. The number of nitriles is 2. The zero-order valence-corrected chi connectivity index (χ0v) is 50.0. The molecule has 2 aromatic heterocycles. The molecule has 2 aliphatic heterocycles. The molecule has 0 spiro atoms. The van der Waals surface area contributed by atoms with Crippen molar-refractivity contribution < 1.29 is 66.6 Å². The number of benzene rings is 4. The number of carbonyl (C=O) groups excluding carboxylic acids is 2. The summed E-state index contributed by atoms with van der Waals surface area (Å²) in [6, 6.07) is 30.2. The second-order valence-electron chi connectivity index (χ2n) is 20.2. The fraction of sp³-hybridized carbons (Fsp3) is 0.429. The van der Waals surface area contributed by atoms with Gasteiger partial charge in [0.05, 0.1) is 38.6 Å². The molecule has 8 rings (SSSR count). The monoisotopic (exact) mass is 1230 g/mol. The molecular formula is C56H69ClN10O16P2. The van der Waals surface area contributed by atoms with Crippen LogP contribution in [0.5, 0.6) is 11.5 Å². The van der Waals surface area contributed by atoms with Crippen LogP contribution in [0.3, 0.4) is 0 Å². The number of hydrogen-bond donors (Lipinski definition) is 7. The van der Waals surface area contributed by atoms with E-state index < -0.39 is 111 Å². The number of esters is 2. The lowest BCUT2D eigenvalue weighted by Gasteiger charge is -2.26. The predicted molar refractivity (Wildman–Crippen MR) is 313 cm³/mol. The van der Waals surface area contributed by atoms with E-state index in [0.717, 1.165) is 44.6 Å². The third-order valence-electron chi connectivity index (χ3n) is 13.7. The fourth-order valence-electron chi connectivity index (χ4n) is 8.81. The molecule has 0 saturated carbocycles. The highest BCUT2D eigenvalue weighted by Crippen LogP contribution is 2.52. The number of hydrogen-bond acceptors (Lipinski definition) is 22. The Hall–Kier alpha value is -7.29. The summed E-state index contributed by atoms with van der Waals surface area (Å²) in [4.78, 5) is 55.9. The van der Waals surface area contributed by atoms with E-state index in [4.69, 9.17) is 60.3 Å². The van der Waals surface area contributed by atoms with Crippen LogP contribution in [0.2, 0.25) is 0 Å².